The minimum atomic E-state index is -4.74. The zero-order chi connectivity index (χ0) is 31.7. The van der Waals surface area contributed by atoms with Crippen LogP contribution in [0.1, 0.15) is 120 Å². The molecule has 0 unspecified atom stereocenters. The molecule has 0 heterocycles. The fourth-order valence-electron chi connectivity index (χ4n) is 10.2. The van der Waals surface area contributed by atoms with E-state index in [2.05, 4.69) is 38.8 Å². The fourth-order valence-corrected chi connectivity index (χ4v) is 10.6. The van der Waals surface area contributed by atoms with Crippen LogP contribution in [-0.2, 0) is 24.1 Å². The summed E-state index contributed by atoms with van der Waals surface area (Å²) in [5, 5.41) is 33.7. The minimum absolute atomic E-state index is 0.0320. The Labute approximate surface area is 252 Å². The molecule has 0 aliphatic heterocycles. The molecule has 2 saturated carbocycles. The third-order valence-corrected chi connectivity index (χ3v) is 13.5. The molecule has 0 amide bonds. The number of hydrogen-bond donors (Lipinski definition) is 4. The lowest BCUT2D eigenvalue weighted by Crippen LogP contribution is -2.58. The van der Waals surface area contributed by atoms with Crippen molar-refractivity contribution in [2.45, 2.75) is 143 Å². The molecule has 2 fully saturated rings. The van der Waals surface area contributed by atoms with Gasteiger partial charge in [0.25, 0.3) is 0 Å². The van der Waals surface area contributed by atoms with Gasteiger partial charge >= 0.3 is 16.4 Å². The number of fused-ring (bicyclic) bond motifs is 4. The van der Waals surface area contributed by atoms with Crippen molar-refractivity contribution in [1.29, 1.82) is 0 Å². The lowest BCUT2D eigenvalue weighted by atomic mass is 9.43. The lowest BCUT2D eigenvalue weighted by molar-refractivity contribution is -0.168. The molecule has 4 N–H and O–H groups in total. The van der Waals surface area contributed by atoms with Gasteiger partial charge in [0.05, 0.1) is 18.3 Å². The number of aliphatic hydroxyl groups is 3. The highest BCUT2D eigenvalue weighted by Gasteiger charge is 2.68. The molecule has 0 bridgehead atoms. The summed E-state index contributed by atoms with van der Waals surface area (Å²) in [6.45, 7) is 15.5. The topological polar surface area (TPSA) is 151 Å². The highest BCUT2D eigenvalue weighted by atomic mass is 32.3. The van der Waals surface area contributed by atoms with E-state index in [1.165, 1.54) is 19.4 Å². The highest BCUT2D eigenvalue weighted by Crippen LogP contribution is 2.73. The van der Waals surface area contributed by atoms with E-state index in [0.29, 0.717) is 18.8 Å². The zero-order valence-electron chi connectivity index (χ0n) is 26.8. The second-order valence-corrected chi connectivity index (χ2v) is 16.6. The summed E-state index contributed by atoms with van der Waals surface area (Å²) in [5.41, 5.74) is -0.397. The Morgan fingerprint density at radius 1 is 1.02 bits per heavy atom. The van der Waals surface area contributed by atoms with Crippen LogP contribution in [-0.4, -0.2) is 64.3 Å². The Morgan fingerprint density at radius 3 is 2.26 bits per heavy atom. The number of esters is 1. The molecular formula is C32H54O9S. The van der Waals surface area contributed by atoms with Crippen molar-refractivity contribution in [2.24, 2.45) is 33.5 Å². The Kier molecular flexibility index (Phi) is 8.70. The van der Waals surface area contributed by atoms with Gasteiger partial charge in [-0.1, -0.05) is 52.7 Å². The predicted molar refractivity (Wildman–Crippen MR) is 159 cm³/mol. The summed E-state index contributed by atoms with van der Waals surface area (Å²) in [5.74, 6) is 0.0211. The number of ether oxygens (including phenoxy) is 1. The molecular weight excluding hydrogens is 560 g/mol. The zero-order valence-corrected chi connectivity index (χ0v) is 27.6. The molecule has 9 atom stereocenters. The van der Waals surface area contributed by atoms with Crippen LogP contribution in [0.3, 0.4) is 0 Å². The highest BCUT2D eigenvalue weighted by molar-refractivity contribution is 7.80. The van der Waals surface area contributed by atoms with Crippen molar-refractivity contribution in [2.75, 3.05) is 6.61 Å². The molecule has 0 spiro atoms. The van der Waals surface area contributed by atoms with Gasteiger partial charge in [-0.05, 0) is 93.8 Å². The van der Waals surface area contributed by atoms with Gasteiger partial charge < -0.3 is 20.1 Å². The summed E-state index contributed by atoms with van der Waals surface area (Å²) < 4.78 is 40.9. The molecule has 10 heteroatoms. The Morgan fingerprint density at radius 2 is 1.67 bits per heavy atom. The van der Waals surface area contributed by atoms with Gasteiger partial charge in [0.2, 0.25) is 0 Å². The van der Waals surface area contributed by atoms with Gasteiger partial charge in [0, 0.05) is 17.8 Å². The van der Waals surface area contributed by atoms with E-state index in [1.54, 1.807) is 5.57 Å². The average molecular weight is 615 g/mol. The lowest BCUT2D eigenvalue weighted by Gasteiger charge is -2.63. The number of aliphatic hydroxyl groups excluding tert-OH is 1. The van der Waals surface area contributed by atoms with Gasteiger partial charge in [-0.25, -0.2) is 4.18 Å². The summed E-state index contributed by atoms with van der Waals surface area (Å²) in [4.78, 5) is 11.9. The molecule has 9 nitrogen and oxygen atoms in total. The molecule has 0 aromatic rings. The van der Waals surface area contributed by atoms with Crippen LogP contribution in [0.5, 0.6) is 0 Å². The monoisotopic (exact) mass is 614 g/mol. The summed E-state index contributed by atoms with van der Waals surface area (Å²) in [7, 11) is -4.74. The molecule has 4 rings (SSSR count). The van der Waals surface area contributed by atoms with Crippen LogP contribution >= 0.6 is 0 Å². The van der Waals surface area contributed by atoms with Gasteiger partial charge in [-0.15, -0.1) is 0 Å². The molecule has 0 saturated heterocycles. The molecule has 0 aromatic carbocycles. The quantitative estimate of drug-likeness (QED) is 0.157. The van der Waals surface area contributed by atoms with Crippen LogP contribution in [0.15, 0.2) is 11.1 Å². The third kappa shape index (κ3) is 5.30. The number of hydrogen-bond acceptors (Lipinski definition) is 8. The number of carbonyl (C=O) groups excluding carboxylic acids is 1. The van der Waals surface area contributed by atoms with Gasteiger partial charge in [0.1, 0.15) is 11.7 Å². The summed E-state index contributed by atoms with van der Waals surface area (Å²) in [6, 6.07) is 0. The van der Waals surface area contributed by atoms with E-state index in [0.717, 1.165) is 44.9 Å². The first-order valence-corrected chi connectivity index (χ1v) is 17.1. The maximum absolute atomic E-state index is 12.4. The van der Waals surface area contributed by atoms with Crippen molar-refractivity contribution in [3.63, 3.8) is 0 Å². The van der Waals surface area contributed by atoms with E-state index in [-0.39, 0.29) is 46.1 Å². The van der Waals surface area contributed by atoms with Gasteiger partial charge in [-0.3, -0.25) is 9.35 Å². The largest absolute Gasteiger partial charge is 0.462 e. The number of rotatable bonds is 9. The molecule has 4 aliphatic carbocycles. The molecule has 0 aromatic heterocycles. The Balaban J connectivity index is 1.55. The Hall–Kier alpha value is -1.04. The maximum atomic E-state index is 12.4. The smallest absolute Gasteiger partial charge is 0.397 e. The van der Waals surface area contributed by atoms with E-state index < -0.39 is 34.3 Å². The second kappa shape index (κ2) is 10.8. The number of allylic oxidation sites excluding steroid dienone is 2. The Bertz CT molecular complexity index is 1210. The van der Waals surface area contributed by atoms with E-state index in [4.69, 9.17) is 9.29 Å². The first-order chi connectivity index (χ1) is 19.1. The van der Waals surface area contributed by atoms with Crippen LogP contribution in [0.25, 0.3) is 0 Å². The standard InChI is InChI=1S/C32H54O9S/c1-20(9-12-25(34)30(7,35)19-40-42(37,38)39)32(36)18-17-29(6)23-10-11-24-27(3,4)26(41-21(2)33)14-15-28(24,5)22(23)13-16-31(29,32)8/h20,24-26,34-36H,9-19H2,1-8H3,(H,37,38,39)/t20-,24+,25+,26+,28-,29+,30+,31+,32+/m1/s1. The number of carbonyl (C=O) groups is 1. The van der Waals surface area contributed by atoms with Crippen molar-refractivity contribution in [1.82, 2.24) is 0 Å². The van der Waals surface area contributed by atoms with E-state index in [1.807, 2.05) is 6.92 Å². The SMILES string of the molecule is CC(=O)O[C@H]1CC[C@]2(C)C3=C(CC[C@H]2C1(C)C)[C@]1(C)CC[C@](O)([C@H](C)CC[C@H](O)[C@@](C)(O)COS(=O)(=O)O)[C@@]1(C)CC3. The summed E-state index contributed by atoms with van der Waals surface area (Å²) in [6.07, 6.45) is 6.39. The normalized spacial score (nSPS) is 40.8. The van der Waals surface area contributed by atoms with E-state index in [9.17, 15) is 28.5 Å². The van der Waals surface area contributed by atoms with Crippen LogP contribution in [0, 0.1) is 33.5 Å². The first-order valence-electron chi connectivity index (χ1n) is 15.7. The molecule has 4 aliphatic rings. The van der Waals surface area contributed by atoms with E-state index >= 15 is 0 Å². The van der Waals surface area contributed by atoms with Gasteiger partial charge in [-0.2, -0.15) is 8.42 Å². The van der Waals surface area contributed by atoms with Crippen molar-refractivity contribution in [3.8, 4) is 0 Å². The maximum Gasteiger partial charge on any atom is 0.397 e. The van der Waals surface area contributed by atoms with Crippen molar-refractivity contribution < 1.29 is 42.0 Å². The molecule has 0 radical (unpaired) electrons. The predicted octanol–water partition coefficient (Wildman–Crippen LogP) is 5.13. The van der Waals surface area contributed by atoms with Crippen LogP contribution in [0.2, 0.25) is 0 Å². The average Bonchev–Trinajstić information content (AvgIpc) is 3.09. The van der Waals surface area contributed by atoms with Crippen LogP contribution in [0.4, 0.5) is 0 Å². The van der Waals surface area contributed by atoms with Crippen LogP contribution < -0.4 is 0 Å². The van der Waals surface area contributed by atoms with Crippen molar-refractivity contribution >= 4 is 16.4 Å². The second-order valence-electron chi connectivity index (χ2n) is 15.6. The summed E-state index contributed by atoms with van der Waals surface area (Å²) >= 11 is 0. The van der Waals surface area contributed by atoms with Gasteiger partial charge in [0.15, 0.2) is 0 Å². The van der Waals surface area contributed by atoms with Crippen molar-refractivity contribution in [3.05, 3.63) is 11.1 Å². The molecule has 242 valence electrons. The fraction of sp³-hybridized carbons (Fsp3) is 0.906. The third-order valence-electron chi connectivity index (χ3n) is 13.1. The molecule has 42 heavy (non-hydrogen) atoms. The first kappa shape index (κ1) is 33.8. The minimum Gasteiger partial charge on any atom is -0.462 e.